The number of aryl methyl sites for hydroxylation is 2. The molecule has 0 saturated heterocycles. The lowest BCUT2D eigenvalue weighted by Gasteiger charge is -2.13. The van der Waals surface area contributed by atoms with Crippen molar-refractivity contribution in [3.63, 3.8) is 0 Å². The van der Waals surface area contributed by atoms with Crippen molar-refractivity contribution < 1.29 is 5.11 Å². The van der Waals surface area contributed by atoms with Crippen LogP contribution < -0.4 is 0 Å². The van der Waals surface area contributed by atoms with Gasteiger partial charge in [0.1, 0.15) is 6.10 Å². The minimum atomic E-state index is -0.563. The van der Waals surface area contributed by atoms with E-state index in [0.29, 0.717) is 0 Å². The molecule has 2 aromatic rings. The maximum Gasteiger partial charge on any atom is 0.104 e. The summed E-state index contributed by atoms with van der Waals surface area (Å²) >= 11 is 3.42. The van der Waals surface area contributed by atoms with Gasteiger partial charge in [0.25, 0.3) is 0 Å². The summed E-state index contributed by atoms with van der Waals surface area (Å²) in [5.74, 6) is 0. The van der Waals surface area contributed by atoms with E-state index in [4.69, 9.17) is 0 Å². The molecule has 0 amide bonds. The van der Waals surface area contributed by atoms with Gasteiger partial charge in [-0.15, -0.1) is 0 Å². The summed E-state index contributed by atoms with van der Waals surface area (Å²) in [6.07, 6.45) is -0.563. The topological polar surface area (TPSA) is 20.2 Å². The lowest BCUT2D eigenvalue weighted by Crippen LogP contribution is -2.00. The molecule has 0 radical (unpaired) electrons. The zero-order chi connectivity index (χ0) is 12.4. The summed E-state index contributed by atoms with van der Waals surface area (Å²) < 4.78 is 0.984. The van der Waals surface area contributed by atoms with E-state index < -0.39 is 6.10 Å². The average Bonchev–Trinajstić information content (AvgIpc) is 2.32. The van der Waals surface area contributed by atoms with Crippen LogP contribution in [0.4, 0.5) is 0 Å². The van der Waals surface area contributed by atoms with Crippen molar-refractivity contribution in [3.05, 3.63) is 69.2 Å². The molecule has 0 heterocycles. The summed E-state index contributed by atoms with van der Waals surface area (Å²) in [5, 5.41) is 10.3. The highest BCUT2D eigenvalue weighted by Crippen LogP contribution is 2.25. The zero-order valence-corrected chi connectivity index (χ0v) is 11.5. The van der Waals surface area contributed by atoms with Crippen molar-refractivity contribution >= 4 is 15.9 Å². The molecular formula is C15H15BrO. The van der Waals surface area contributed by atoms with Crippen LogP contribution in [0.5, 0.6) is 0 Å². The van der Waals surface area contributed by atoms with Crippen molar-refractivity contribution in [1.82, 2.24) is 0 Å². The Hall–Kier alpha value is -1.12. The number of aliphatic hydroxyl groups excluding tert-OH is 1. The minimum absolute atomic E-state index is 0.563. The van der Waals surface area contributed by atoms with Crippen LogP contribution in [0.3, 0.4) is 0 Å². The van der Waals surface area contributed by atoms with Gasteiger partial charge < -0.3 is 5.11 Å². The maximum absolute atomic E-state index is 10.3. The second-order valence-corrected chi connectivity index (χ2v) is 5.22. The van der Waals surface area contributed by atoms with Gasteiger partial charge in [-0.25, -0.2) is 0 Å². The molecule has 88 valence electrons. The largest absolute Gasteiger partial charge is 0.384 e. The Morgan fingerprint density at radius 1 is 0.941 bits per heavy atom. The van der Waals surface area contributed by atoms with Crippen molar-refractivity contribution in [2.45, 2.75) is 20.0 Å². The molecule has 17 heavy (non-hydrogen) atoms. The molecule has 0 spiro atoms. The fourth-order valence-electron chi connectivity index (χ4n) is 1.80. The first-order valence-electron chi connectivity index (χ1n) is 5.58. The van der Waals surface area contributed by atoms with E-state index in [0.717, 1.165) is 15.6 Å². The lowest BCUT2D eigenvalue weighted by molar-refractivity contribution is 0.220. The van der Waals surface area contributed by atoms with Gasteiger partial charge in [0.2, 0.25) is 0 Å². The van der Waals surface area contributed by atoms with Gasteiger partial charge in [-0.2, -0.15) is 0 Å². The molecule has 0 saturated carbocycles. The second-order valence-electron chi connectivity index (χ2n) is 4.30. The van der Waals surface area contributed by atoms with Crippen LogP contribution in [0, 0.1) is 13.8 Å². The van der Waals surface area contributed by atoms with Crippen LogP contribution in [-0.4, -0.2) is 5.11 Å². The molecule has 1 atom stereocenters. The number of hydrogen-bond acceptors (Lipinski definition) is 1. The number of rotatable bonds is 2. The third-order valence-electron chi connectivity index (χ3n) is 3.01. The summed E-state index contributed by atoms with van der Waals surface area (Å²) in [6, 6.07) is 13.8. The fraction of sp³-hybridized carbons (Fsp3) is 0.200. The van der Waals surface area contributed by atoms with Crippen molar-refractivity contribution in [2.24, 2.45) is 0 Å². The van der Waals surface area contributed by atoms with Crippen molar-refractivity contribution in [2.75, 3.05) is 0 Å². The first-order valence-corrected chi connectivity index (χ1v) is 6.38. The molecule has 2 aromatic carbocycles. The Balaban J connectivity index is 2.36. The number of halogens is 1. The number of aliphatic hydroxyl groups is 1. The van der Waals surface area contributed by atoms with E-state index in [1.165, 1.54) is 11.1 Å². The van der Waals surface area contributed by atoms with Crippen LogP contribution in [0.1, 0.15) is 28.4 Å². The summed E-state index contributed by atoms with van der Waals surface area (Å²) in [4.78, 5) is 0. The molecule has 2 rings (SSSR count). The van der Waals surface area contributed by atoms with E-state index in [-0.39, 0.29) is 0 Å². The lowest BCUT2D eigenvalue weighted by atomic mass is 9.98. The van der Waals surface area contributed by atoms with Gasteiger partial charge in [0.15, 0.2) is 0 Å². The molecule has 2 heteroatoms. The van der Waals surface area contributed by atoms with Crippen molar-refractivity contribution in [1.29, 1.82) is 0 Å². The van der Waals surface area contributed by atoms with Crippen LogP contribution >= 0.6 is 15.9 Å². The number of benzene rings is 2. The Labute approximate surface area is 110 Å². The van der Waals surface area contributed by atoms with Gasteiger partial charge in [0.05, 0.1) is 0 Å². The predicted octanol–water partition coefficient (Wildman–Crippen LogP) is 4.15. The molecule has 0 fully saturated rings. The van der Waals surface area contributed by atoms with E-state index in [2.05, 4.69) is 29.8 Å². The fourth-order valence-corrected chi connectivity index (χ4v) is 2.22. The quantitative estimate of drug-likeness (QED) is 0.881. The zero-order valence-electron chi connectivity index (χ0n) is 9.94. The Morgan fingerprint density at radius 3 is 2.29 bits per heavy atom. The maximum atomic E-state index is 10.3. The molecule has 1 unspecified atom stereocenters. The predicted molar refractivity (Wildman–Crippen MR) is 74.1 cm³/mol. The third-order valence-corrected chi connectivity index (χ3v) is 3.50. The second kappa shape index (κ2) is 5.03. The highest BCUT2D eigenvalue weighted by atomic mass is 79.9. The first-order chi connectivity index (χ1) is 8.08. The Kier molecular flexibility index (Phi) is 3.65. The molecule has 0 aliphatic rings. The van der Waals surface area contributed by atoms with Crippen molar-refractivity contribution in [3.8, 4) is 0 Å². The van der Waals surface area contributed by atoms with E-state index >= 15 is 0 Å². The monoisotopic (exact) mass is 290 g/mol. The van der Waals surface area contributed by atoms with Gasteiger partial charge in [-0.05, 0) is 48.2 Å². The van der Waals surface area contributed by atoms with E-state index in [1.54, 1.807) is 0 Å². The molecule has 0 aliphatic heterocycles. The third kappa shape index (κ3) is 2.76. The van der Waals surface area contributed by atoms with Crippen LogP contribution in [0.25, 0.3) is 0 Å². The van der Waals surface area contributed by atoms with Gasteiger partial charge in [0, 0.05) is 4.47 Å². The molecule has 1 nitrogen and oxygen atoms in total. The Bertz CT molecular complexity index is 534. The Morgan fingerprint density at radius 2 is 1.65 bits per heavy atom. The van der Waals surface area contributed by atoms with Gasteiger partial charge >= 0.3 is 0 Å². The molecule has 0 bridgehead atoms. The minimum Gasteiger partial charge on any atom is -0.384 e. The van der Waals surface area contributed by atoms with Gasteiger partial charge in [-0.3, -0.25) is 0 Å². The normalized spacial score (nSPS) is 12.5. The summed E-state index contributed by atoms with van der Waals surface area (Å²) in [5.41, 5.74) is 4.29. The number of hydrogen-bond donors (Lipinski definition) is 1. The van der Waals surface area contributed by atoms with Crippen LogP contribution in [0.15, 0.2) is 46.9 Å². The van der Waals surface area contributed by atoms with E-state index in [9.17, 15) is 5.11 Å². The highest BCUT2D eigenvalue weighted by molar-refractivity contribution is 9.10. The van der Waals surface area contributed by atoms with Crippen LogP contribution in [-0.2, 0) is 0 Å². The average molecular weight is 291 g/mol. The van der Waals surface area contributed by atoms with Gasteiger partial charge in [-0.1, -0.05) is 46.3 Å². The van der Waals surface area contributed by atoms with E-state index in [1.807, 2.05) is 42.5 Å². The summed E-state index contributed by atoms with van der Waals surface area (Å²) in [6.45, 7) is 4.14. The van der Waals surface area contributed by atoms with Crippen LogP contribution in [0.2, 0.25) is 0 Å². The molecule has 0 aromatic heterocycles. The molecule has 0 aliphatic carbocycles. The molecule has 1 N–H and O–H groups in total. The first kappa shape index (κ1) is 12.3. The highest BCUT2D eigenvalue weighted by Gasteiger charge is 2.11. The SMILES string of the molecule is Cc1ccc(C(O)c2cccc(Br)c2)cc1C. The standard InChI is InChI=1S/C15H15BrO/c1-10-6-7-13(8-11(10)2)15(17)12-4-3-5-14(16)9-12/h3-9,15,17H,1-2H3. The summed E-state index contributed by atoms with van der Waals surface area (Å²) in [7, 11) is 0. The molecular weight excluding hydrogens is 276 g/mol. The smallest absolute Gasteiger partial charge is 0.104 e.